The van der Waals surface area contributed by atoms with Gasteiger partial charge in [0.1, 0.15) is 0 Å². The highest BCUT2D eigenvalue weighted by molar-refractivity contribution is 5.33. The van der Waals surface area contributed by atoms with Gasteiger partial charge < -0.3 is 0 Å². The molecule has 2 aromatic rings. The molecule has 0 aromatic heterocycles. The van der Waals surface area contributed by atoms with E-state index < -0.39 is 0 Å². The van der Waals surface area contributed by atoms with Crippen molar-refractivity contribution in [3.8, 4) is 6.07 Å². The third-order valence-electron chi connectivity index (χ3n) is 2.60. The van der Waals surface area contributed by atoms with Crippen molar-refractivity contribution in [3.63, 3.8) is 0 Å². The Labute approximate surface area is 96.0 Å². The predicted molar refractivity (Wildman–Crippen MR) is 65.0 cm³/mol. The third kappa shape index (κ3) is 2.71. The molecule has 0 aliphatic carbocycles. The van der Waals surface area contributed by atoms with Gasteiger partial charge in [0.25, 0.3) is 0 Å². The lowest BCUT2D eigenvalue weighted by atomic mass is 10.0. The van der Waals surface area contributed by atoms with Gasteiger partial charge in [0.15, 0.2) is 0 Å². The van der Waals surface area contributed by atoms with Gasteiger partial charge in [-0.2, -0.15) is 5.26 Å². The Kier molecular flexibility index (Phi) is 3.35. The average molecular weight is 207 g/mol. The summed E-state index contributed by atoms with van der Waals surface area (Å²) in [6.45, 7) is 0. The minimum Gasteiger partial charge on any atom is -0.192 e. The van der Waals surface area contributed by atoms with Gasteiger partial charge in [-0.05, 0) is 36.1 Å². The maximum Gasteiger partial charge on any atom is 0.0991 e. The van der Waals surface area contributed by atoms with Crippen LogP contribution in [-0.2, 0) is 12.8 Å². The molecule has 78 valence electrons. The predicted octanol–water partition coefficient (Wildman–Crippen LogP) is 3.34. The fourth-order valence-corrected chi connectivity index (χ4v) is 1.73. The number of rotatable bonds is 3. The number of hydrogen-bond acceptors (Lipinski definition) is 1. The number of benzene rings is 2. The van der Waals surface area contributed by atoms with Crippen LogP contribution in [-0.4, -0.2) is 0 Å². The molecule has 0 radical (unpaired) electrons. The van der Waals surface area contributed by atoms with E-state index in [-0.39, 0.29) is 0 Å². The van der Waals surface area contributed by atoms with Crippen molar-refractivity contribution < 1.29 is 0 Å². The summed E-state index contributed by atoms with van der Waals surface area (Å²) in [6, 6.07) is 20.4. The van der Waals surface area contributed by atoms with E-state index in [4.69, 9.17) is 5.26 Å². The monoisotopic (exact) mass is 207 g/mol. The zero-order chi connectivity index (χ0) is 11.2. The van der Waals surface area contributed by atoms with Crippen molar-refractivity contribution in [2.24, 2.45) is 0 Å². The second-order valence-electron chi connectivity index (χ2n) is 3.80. The highest BCUT2D eigenvalue weighted by Crippen LogP contribution is 2.09. The lowest BCUT2D eigenvalue weighted by Gasteiger charge is -2.02. The van der Waals surface area contributed by atoms with E-state index in [1.807, 2.05) is 24.3 Å². The molecule has 0 atom stereocenters. The molecular formula is C15H13N. The van der Waals surface area contributed by atoms with E-state index in [9.17, 15) is 0 Å². The molecule has 0 N–H and O–H groups in total. The first-order valence-corrected chi connectivity index (χ1v) is 5.41. The van der Waals surface area contributed by atoms with Gasteiger partial charge in [0, 0.05) is 0 Å². The Morgan fingerprint density at radius 2 is 1.50 bits per heavy atom. The Hall–Kier alpha value is -2.07. The van der Waals surface area contributed by atoms with Gasteiger partial charge in [0.05, 0.1) is 11.6 Å². The molecule has 0 saturated carbocycles. The summed E-state index contributed by atoms with van der Waals surface area (Å²) in [5.41, 5.74) is 3.30. The molecule has 0 bridgehead atoms. The van der Waals surface area contributed by atoms with Crippen LogP contribution in [0.25, 0.3) is 0 Å². The van der Waals surface area contributed by atoms with Crippen LogP contribution in [0.2, 0.25) is 0 Å². The fraction of sp³-hybridized carbons (Fsp3) is 0.133. The van der Waals surface area contributed by atoms with Crippen LogP contribution in [0.15, 0.2) is 54.6 Å². The van der Waals surface area contributed by atoms with Crippen LogP contribution in [0.1, 0.15) is 16.7 Å². The van der Waals surface area contributed by atoms with Crippen LogP contribution in [0.4, 0.5) is 0 Å². The molecule has 2 aromatic carbocycles. The molecule has 0 saturated heterocycles. The summed E-state index contributed by atoms with van der Waals surface area (Å²) in [5.74, 6) is 0. The van der Waals surface area contributed by atoms with Crippen molar-refractivity contribution in [2.75, 3.05) is 0 Å². The molecule has 0 aliphatic heterocycles. The van der Waals surface area contributed by atoms with Gasteiger partial charge in [-0.3, -0.25) is 0 Å². The number of hydrogen-bond donors (Lipinski definition) is 0. The minimum absolute atomic E-state index is 0.741. The molecule has 0 amide bonds. The second-order valence-corrected chi connectivity index (χ2v) is 3.80. The Balaban J connectivity index is 2.03. The van der Waals surface area contributed by atoms with Crippen LogP contribution < -0.4 is 0 Å². The van der Waals surface area contributed by atoms with Crippen LogP contribution >= 0.6 is 0 Å². The molecule has 2 rings (SSSR count). The summed E-state index contributed by atoms with van der Waals surface area (Å²) in [6.07, 6.45) is 2.01. The quantitative estimate of drug-likeness (QED) is 0.757. The van der Waals surface area contributed by atoms with Crippen molar-refractivity contribution in [1.29, 1.82) is 5.26 Å². The van der Waals surface area contributed by atoms with E-state index >= 15 is 0 Å². The Morgan fingerprint density at radius 1 is 0.812 bits per heavy atom. The molecule has 1 heteroatoms. The van der Waals surface area contributed by atoms with E-state index in [0.29, 0.717) is 0 Å². The summed E-state index contributed by atoms with van der Waals surface area (Å²) in [4.78, 5) is 0. The van der Waals surface area contributed by atoms with Crippen molar-refractivity contribution in [3.05, 3.63) is 71.3 Å². The van der Waals surface area contributed by atoms with Crippen molar-refractivity contribution in [2.45, 2.75) is 12.8 Å². The Bertz CT molecular complexity index is 494. The SMILES string of the molecule is N#Cc1cccc(CCc2ccccc2)c1. The second kappa shape index (κ2) is 5.14. The van der Waals surface area contributed by atoms with Crippen LogP contribution in [0, 0.1) is 11.3 Å². The molecular weight excluding hydrogens is 194 g/mol. The zero-order valence-electron chi connectivity index (χ0n) is 9.06. The van der Waals surface area contributed by atoms with Gasteiger partial charge in [0.2, 0.25) is 0 Å². The number of nitriles is 1. The molecule has 0 fully saturated rings. The first kappa shape index (κ1) is 10.4. The van der Waals surface area contributed by atoms with Gasteiger partial charge in [-0.1, -0.05) is 42.5 Å². The van der Waals surface area contributed by atoms with Crippen LogP contribution in [0.5, 0.6) is 0 Å². The molecule has 0 unspecified atom stereocenters. The molecule has 0 spiro atoms. The lowest BCUT2D eigenvalue weighted by molar-refractivity contribution is 0.959. The summed E-state index contributed by atoms with van der Waals surface area (Å²) >= 11 is 0. The van der Waals surface area contributed by atoms with Gasteiger partial charge in [-0.25, -0.2) is 0 Å². The summed E-state index contributed by atoms with van der Waals surface area (Å²) in [7, 11) is 0. The maximum absolute atomic E-state index is 8.80. The summed E-state index contributed by atoms with van der Waals surface area (Å²) < 4.78 is 0. The van der Waals surface area contributed by atoms with E-state index in [1.54, 1.807) is 0 Å². The Morgan fingerprint density at radius 3 is 2.25 bits per heavy atom. The first-order valence-electron chi connectivity index (χ1n) is 5.41. The van der Waals surface area contributed by atoms with E-state index in [2.05, 4.69) is 36.4 Å². The van der Waals surface area contributed by atoms with E-state index in [0.717, 1.165) is 18.4 Å². The number of nitrogens with zero attached hydrogens (tertiary/aromatic N) is 1. The normalized spacial score (nSPS) is 9.69. The van der Waals surface area contributed by atoms with Gasteiger partial charge in [-0.15, -0.1) is 0 Å². The van der Waals surface area contributed by atoms with Crippen molar-refractivity contribution in [1.82, 2.24) is 0 Å². The largest absolute Gasteiger partial charge is 0.192 e. The lowest BCUT2D eigenvalue weighted by Crippen LogP contribution is -1.91. The minimum atomic E-state index is 0.741. The van der Waals surface area contributed by atoms with Crippen molar-refractivity contribution >= 4 is 0 Å². The maximum atomic E-state index is 8.80. The topological polar surface area (TPSA) is 23.8 Å². The smallest absolute Gasteiger partial charge is 0.0991 e. The number of aryl methyl sites for hydroxylation is 2. The fourth-order valence-electron chi connectivity index (χ4n) is 1.73. The highest BCUT2D eigenvalue weighted by Gasteiger charge is 1.96. The molecule has 0 aliphatic rings. The van der Waals surface area contributed by atoms with Crippen LogP contribution in [0.3, 0.4) is 0 Å². The third-order valence-corrected chi connectivity index (χ3v) is 2.60. The standard InChI is InChI=1S/C15H13N/c16-12-15-8-4-7-14(11-15)10-9-13-5-2-1-3-6-13/h1-8,11H,9-10H2. The van der Waals surface area contributed by atoms with E-state index in [1.165, 1.54) is 11.1 Å². The zero-order valence-corrected chi connectivity index (χ0v) is 9.06. The molecule has 0 heterocycles. The van der Waals surface area contributed by atoms with Gasteiger partial charge >= 0.3 is 0 Å². The highest BCUT2D eigenvalue weighted by atomic mass is 14.2. The first-order chi connectivity index (χ1) is 7.88. The summed E-state index contributed by atoms with van der Waals surface area (Å²) in [5, 5.41) is 8.80. The molecule has 16 heavy (non-hydrogen) atoms. The average Bonchev–Trinajstić information content (AvgIpc) is 2.38. The molecule has 1 nitrogen and oxygen atoms in total.